The van der Waals surface area contributed by atoms with Crippen molar-refractivity contribution in [1.29, 1.82) is 0 Å². The molecule has 0 aliphatic heterocycles. The van der Waals surface area contributed by atoms with E-state index in [9.17, 15) is 14.0 Å². The van der Waals surface area contributed by atoms with E-state index < -0.39 is 11.8 Å². The zero-order chi connectivity index (χ0) is 13.7. The number of hydrogen-bond donors (Lipinski definition) is 0. The Hall–Kier alpha value is -2.49. The van der Waals surface area contributed by atoms with Crippen molar-refractivity contribution in [3.05, 3.63) is 71.5 Å². The Morgan fingerprint density at radius 3 is 2.16 bits per heavy atom. The van der Waals surface area contributed by atoms with Crippen LogP contribution in [0.4, 0.5) is 4.39 Å². The van der Waals surface area contributed by atoms with Crippen molar-refractivity contribution in [2.24, 2.45) is 0 Å². The molecule has 0 heterocycles. The van der Waals surface area contributed by atoms with Gasteiger partial charge in [-0.15, -0.1) is 0 Å². The molecule has 0 aliphatic rings. The normalized spacial score (nSPS) is 9.95. The number of benzene rings is 2. The maximum atomic E-state index is 12.7. The lowest BCUT2D eigenvalue weighted by atomic mass is 10.1. The van der Waals surface area contributed by atoms with Gasteiger partial charge in [0.1, 0.15) is 5.82 Å². The summed E-state index contributed by atoms with van der Waals surface area (Å²) < 4.78 is 17.6. The number of esters is 1. The fraction of sp³-hybridized carbons (Fsp3) is 0.0667. The first kappa shape index (κ1) is 13.0. The summed E-state index contributed by atoms with van der Waals surface area (Å²) in [5.41, 5.74) is 0.691. The number of ketones is 1. The molecule has 96 valence electrons. The van der Waals surface area contributed by atoms with Crippen LogP contribution >= 0.6 is 0 Å². The number of ether oxygens (including phenoxy) is 1. The van der Waals surface area contributed by atoms with Gasteiger partial charge in [0.25, 0.3) is 0 Å². The lowest BCUT2D eigenvalue weighted by Crippen LogP contribution is -2.14. The minimum Gasteiger partial charge on any atom is -0.454 e. The van der Waals surface area contributed by atoms with Crippen molar-refractivity contribution >= 4 is 11.8 Å². The molecule has 3 nitrogen and oxygen atoms in total. The van der Waals surface area contributed by atoms with Crippen molar-refractivity contribution in [2.75, 3.05) is 6.61 Å². The highest BCUT2D eigenvalue weighted by Gasteiger charge is 2.11. The Balaban J connectivity index is 1.94. The third-order valence-corrected chi connectivity index (χ3v) is 2.51. The summed E-state index contributed by atoms with van der Waals surface area (Å²) in [7, 11) is 0. The fourth-order valence-corrected chi connectivity index (χ4v) is 1.51. The second-order valence-corrected chi connectivity index (χ2v) is 3.87. The Kier molecular flexibility index (Phi) is 4.03. The molecule has 0 saturated heterocycles. The molecule has 4 heteroatoms. The zero-order valence-corrected chi connectivity index (χ0v) is 10.0. The molecule has 0 radical (unpaired) electrons. The summed E-state index contributed by atoms with van der Waals surface area (Å²) >= 11 is 0. The number of carbonyl (C=O) groups excluding carboxylic acids is 2. The first-order chi connectivity index (χ1) is 9.16. The van der Waals surface area contributed by atoms with Crippen LogP contribution in [0, 0.1) is 5.82 Å². The van der Waals surface area contributed by atoms with Gasteiger partial charge in [0.15, 0.2) is 12.4 Å². The first-order valence-electron chi connectivity index (χ1n) is 5.68. The van der Waals surface area contributed by atoms with Crippen LogP contribution in [-0.4, -0.2) is 18.4 Å². The predicted octanol–water partition coefficient (Wildman–Crippen LogP) is 2.87. The molecule has 0 amide bonds. The summed E-state index contributed by atoms with van der Waals surface area (Å²) in [6, 6.07) is 13.5. The lowest BCUT2D eigenvalue weighted by molar-refractivity contribution is 0.0474. The monoisotopic (exact) mass is 258 g/mol. The van der Waals surface area contributed by atoms with Gasteiger partial charge in [0.2, 0.25) is 0 Å². The van der Waals surface area contributed by atoms with Crippen LogP contribution < -0.4 is 0 Å². The summed E-state index contributed by atoms with van der Waals surface area (Å²) in [5, 5.41) is 0. The molecule has 0 spiro atoms. The van der Waals surface area contributed by atoms with E-state index >= 15 is 0 Å². The highest BCUT2D eigenvalue weighted by Crippen LogP contribution is 2.06. The topological polar surface area (TPSA) is 43.4 Å². The first-order valence-corrected chi connectivity index (χ1v) is 5.68. The second kappa shape index (κ2) is 5.91. The molecule has 0 bridgehead atoms. The van der Waals surface area contributed by atoms with Crippen molar-refractivity contribution < 1.29 is 18.7 Å². The molecule has 2 aromatic rings. The highest BCUT2D eigenvalue weighted by molar-refractivity contribution is 5.99. The number of rotatable bonds is 4. The molecule has 0 N–H and O–H groups in total. The van der Waals surface area contributed by atoms with Gasteiger partial charge < -0.3 is 4.74 Å². The van der Waals surface area contributed by atoms with Crippen LogP contribution in [0.1, 0.15) is 20.7 Å². The highest BCUT2D eigenvalue weighted by atomic mass is 19.1. The van der Waals surface area contributed by atoms with Crippen molar-refractivity contribution in [2.45, 2.75) is 0 Å². The molecule has 0 fully saturated rings. The summed E-state index contributed by atoms with van der Waals surface area (Å²) in [6.45, 7) is -0.362. The van der Waals surface area contributed by atoms with Crippen LogP contribution in [0.2, 0.25) is 0 Å². The second-order valence-electron chi connectivity index (χ2n) is 3.87. The maximum Gasteiger partial charge on any atom is 0.338 e. The molecular weight excluding hydrogens is 247 g/mol. The van der Waals surface area contributed by atoms with Gasteiger partial charge in [-0.3, -0.25) is 4.79 Å². The van der Waals surface area contributed by atoms with Crippen LogP contribution in [0.5, 0.6) is 0 Å². The van der Waals surface area contributed by atoms with Gasteiger partial charge in [-0.25, -0.2) is 9.18 Å². The van der Waals surface area contributed by atoms with Crippen molar-refractivity contribution in [3.8, 4) is 0 Å². The SMILES string of the molecule is O=C(COC(=O)c1ccccc1)c1ccc(F)cc1. The molecule has 0 atom stereocenters. The quantitative estimate of drug-likeness (QED) is 0.625. The largest absolute Gasteiger partial charge is 0.454 e. The molecule has 2 aromatic carbocycles. The van der Waals surface area contributed by atoms with Gasteiger partial charge in [0.05, 0.1) is 5.56 Å². The van der Waals surface area contributed by atoms with Crippen molar-refractivity contribution in [3.63, 3.8) is 0 Å². The molecule has 19 heavy (non-hydrogen) atoms. The van der Waals surface area contributed by atoms with E-state index in [1.165, 1.54) is 24.3 Å². The number of hydrogen-bond acceptors (Lipinski definition) is 3. The van der Waals surface area contributed by atoms with E-state index in [1.54, 1.807) is 30.3 Å². The van der Waals surface area contributed by atoms with Gasteiger partial charge in [0, 0.05) is 5.56 Å². The number of Topliss-reactive ketones (excluding diaryl/α,β-unsaturated/α-hetero) is 1. The molecular formula is C15H11FO3. The van der Waals surface area contributed by atoms with E-state index in [2.05, 4.69) is 0 Å². The van der Waals surface area contributed by atoms with Crippen LogP contribution in [-0.2, 0) is 4.74 Å². The fourth-order valence-electron chi connectivity index (χ4n) is 1.51. The average molecular weight is 258 g/mol. The van der Waals surface area contributed by atoms with Gasteiger partial charge in [-0.1, -0.05) is 18.2 Å². The molecule has 0 saturated carbocycles. The number of carbonyl (C=O) groups is 2. The van der Waals surface area contributed by atoms with E-state index in [4.69, 9.17) is 4.74 Å². The van der Waals surface area contributed by atoms with Gasteiger partial charge in [-0.2, -0.15) is 0 Å². The Morgan fingerprint density at radius 1 is 0.895 bits per heavy atom. The minimum absolute atomic E-state index is 0.308. The smallest absolute Gasteiger partial charge is 0.338 e. The maximum absolute atomic E-state index is 12.7. The van der Waals surface area contributed by atoms with Crippen molar-refractivity contribution in [1.82, 2.24) is 0 Å². The third-order valence-electron chi connectivity index (χ3n) is 2.51. The molecule has 0 aromatic heterocycles. The zero-order valence-electron chi connectivity index (χ0n) is 10.0. The van der Waals surface area contributed by atoms with Gasteiger partial charge in [-0.05, 0) is 36.4 Å². The van der Waals surface area contributed by atoms with E-state index in [-0.39, 0.29) is 12.4 Å². The third kappa shape index (κ3) is 3.48. The molecule has 0 unspecified atom stereocenters. The lowest BCUT2D eigenvalue weighted by Gasteiger charge is -2.04. The molecule has 0 aliphatic carbocycles. The minimum atomic E-state index is -0.559. The van der Waals surface area contributed by atoms with Crippen LogP contribution in [0.25, 0.3) is 0 Å². The van der Waals surface area contributed by atoms with E-state index in [1.807, 2.05) is 0 Å². The van der Waals surface area contributed by atoms with E-state index in [0.717, 1.165) is 0 Å². The number of halogens is 1. The Bertz CT molecular complexity index is 576. The average Bonchev–Trinajstić information content (AvgIpc) is 2.46. The predicted molar refractivity (Wildman–Crippen MR) is 67.5 cm³/mol. The van der Waals surface area contributed by atoms with Crippen LogP contribution in [0.3, 0.4) is 0 Å². The Labute approximate surface area is 109 Å². The van der Waals surface area contributed by atoms with Gasteiger partial charge >= 0.3 is 5.97 Å². The molecule has 2 rings (SSSR count). The summed E-state index contributed by atoms with van der Waals surface area (Å²) in [4.78, 5) is 23.3. The Morgan fingerprint density at radius 2 is 1.53 bits per heavy atom. The standard InChI is InChI=1S/C15H11FO3/c16-13-8-6-11(7-9-13)14(17)10-19-15(18)12-4-2-1-3-5-12/h1-9H,10H2. The van der Waals surface area contributed by atoms with E-state index in [0.29, 0.717) is 11.1 Å². The summed E-state index contributed by atoms with van der Waals surface area (Å²) in [6.07, 6.45) is 0. The summed E-state index contributed by atoms with van der Waals surface area (Å²) in [5.74, 6) is -1.35. The van der Waals surface area contributed by atoms with Crippen LogP contribution in [0.15, 0.2) is 54.6 Å².